The van der Waals surface area contributed by atoms with Gasteiger partial charge in [-0.15, -0.1) is 0 Å². The van der Waals surface area contributed by atoms with Gasteiger partial charge < -0.3 is 10.2 Å². The van der Waals surface area contributed by atoms with Gasteiger partial charge in [0.25, 0.3) is 0 Å². The lowest BCUT2D eigenvalue weighted by Gasteiger charge is -2.14. The summed E-state index contributed by atoms with van der Waals surface area (Å²) in [5.41, 5.74) is 11.1. The van der Waals surface area contributed by atoms with Crippen molar-refractivity contribution in [1.29, 1.82) is 0 Å². The molecule has 0 aliphatic rings. The van der Waals surface area contributed by atoms with Gasteiger partial charge in [0.1, 0.15) is 11.5 Å². The highest BCUT2D eigenvalue weighted by Crippen LogP contribution is 2.27. The Labute approximate surface area is 102 Å². The molecule has 1 heterocycles. The second kappa shape index (κ2) is 4.38. The van der Waals surface area contributed by atoms with Crippen LogP contribution < -0.4 is 5.73 Å². The number of rotatable bonds is 2. The summed E-state index contributed by atoms with van der Waals surface area (Å²) in [5.74, 6) is 1.79. The standard InChI is InChI=1S/C15H19NO/c1-9-6-5-7-13(11(9)3)15(16)14-8-10(2)12(4)17-14/h5-8,15H,16H2,1-4H3. The van der Waals surface area contributed by atoms with Crippen molar-refractivity contribution < 1.29 is 4.42 Å². The lowest BCUT2D eigenvalue weighted by Crippen LogP contribution is -2.12. The molecule has 0 aliphatic heterocycles. The molecule has 0 saturated heterocycles. The lowest BCUT2D eigenvalue weighted by molar-refractivity contribution is 0.464. The average Bonchev–Trinajstić information content (AvgIpc) is 2.62. The Morgan fingerprint density at radius 1 is 1.06 bits per heavy atom. The van der Waals surface area contributed by atoms with Crippen LogP contribution in [0.2, 0.25) is 0 Å². The monoisotopic (exact) mass is 229 g/mol. The highest BCUT2D eigenvalue weighted by molar-refractivity contribution is 5.39. The minimum atomic E-state index is -0.178. The van der Waals surface area contributed by atoms with E-state index in [9.17, 15) is 0 Å². The van der Waals surface area contributed by atoms with Gasteiger partial charge in [-0.05, 0) is 56.0 Å². The van der Waals surface area contributed by atoms with Crippen molar-refractivity contribution in [2.45, 2.75) is 33.7 Å². The number of nitrogens with two attached hydrogens (primary N) is 1. The first-order chi connectivity index (χ1) is 8.00. The molecule has 0 aliphatic carbocycles. The second-order valence-electron chi connectivity index (χ2n) is 4.65. The van der Waals surface area contributed by atoms with Crippen molar-refractivity contribution in [3.63, 3.8) is 0 Å². The second-order valence-corrected chi connectivity index (χ2v) is 4.65. The van der Waals surface area contributed by atoms with Gasteiger partial charge in [0.05, 0.1) is 6.04 Å². The molecule has 1 unspecified atom stereocenters. The van der Waals surface area contributed by atoms with Crippen molar-refractivity contribution in [1.82, 2.24) is 0 Å². The van der Waals surface area contributed by atoms with Crippen LogP contribution in [0, 0.1) is 27.7 Å². The van der Waals surface area contributed by atoms with E-state index in [-0.39, 0.29) is 6.04 Å². The van der Waals surface area contributed by atoms with Crippen molar-refractivity contribution in [3.05, 3.63) is 58.0 Å². The molecule has 0 radical (unpaired) electrons. The lowest BCUT2D eigenvalue weighted by atomic mass is 9.96. The van der Waals surface area contributed by atoms with E-state index < -0.39 is 0 Å². The van der Waals surface area contributed by atoms with E-state index in [4.69, 9.17) is 10.2 Å². The fraction of sp³-hybridized carbons (Fsp3) is 0.333. The van der Waals surface area contributed by atoms with Gasteiger partial charge in [-0.2, -0.15) is 0 Å². The largest absolute Gasteiger partial charge is 0.464 e. The maximum atomic E-state index is 6.27. The van der Waals surface area contributed by atoms with Crippen molar-refractivity contribution in [2.24, 2.45) is 5.73 Å². The molecule has 1 aromatic carbocycles. The van der Waals surface area contributed by atoms with Crippen LogP contribution in [0.25, 0.3) is 0 Å². The van der Waals surface area contributed by atoms with E-state index in [1.165, 1.54) is 11.1 Å². The summed E-state index contributed by atoms with van der Waals surface area (Å²) in [6, 6.07) is 8.06. The summed E-state index contributed by atoms with van der Waals surface area (Å²) in [7, 11) is 0. The SMILES string of the molecule is Cc1cc(C(N)c2cccc(C)c2C)oc1C. The molecule has 0 fully saturated rings. The Balaban J connectivity index is 2.43. The third-order valence-electron chi connectivity index (χ3n) is 3.47. The first kappa shape index (κ1) is 11.9. The van der Waals surface area contributed by atoms with Crippen molar-refractivity contribution in [2.75, 3.05) is 0 Å². The highest BCUT2D eigenvalue weighted by atomic mass is 16.3. The van der Waals surface area contributed by atoms with Gasteiger partial charge in [0, 0.05) is 0 Å². The topological polar surface area (TPSA) is 39.2 Å². The molecule has 1 aromatic heterocycles. The van der Waals surface area contributed by atoms with Crippen LogP contribution >= 0.6 is 0 Å². The third-order valence-corrected chi connectivity index (χ3v) is 3.47. The molecule has 2 nitrogen and oxygen atoms in total. The zero-order chi connectivity index (χ0) is 12.6. The zero-order valence-corrected chi connectivity index (χ0v) is 10.9. The number of benzene rings is 1. The summed E-state index contributed by atoms with van der Waals surface area (Å²) < 4.78 is 5.70. The average molecular weight is 229 g/mol. The molecule has 1 atom stereocenters. The van der Waals surface area contributed by atoms with Gasteiger partial charge in [0.2, 0.25) is 0 Å². The molecular formula is C15H19NO. The first-order valence-corrected chi connectivity index (χ1v) is 5.89. The number of furan rings is 1. The molecule has 2 N–H and O–H groups in total. The minimum Gasteiger partial charge on any atom is -0.464 e. The van der Waals surface area contributed by atoms with E-state index in [1.807, 2.05) is 26.0 Å². The van der Waals surface area contributed by atoms with E-state index in [1.54, 1.807) is 0 Å². The van der Waals surface area contributed by atoms with Crippen LogP contribution in [-0.2, 0) is 0 Å². The van der Waals surface area contributed by atoms with E-state index in [2.05, 4.69) is 26.0 Å². The Kier molecular flexibility index (Phi) is 3.07. The Morgan fingerprint density at radius 2 is 1.76 bits per heavy atom. The van der Waals surface area contributed by atoms with Gasteiger partial charge in [-0.25, -0.2) is 0 Å². The summed E-state index contributed by atoms with van der Waals surface area (Å²) in [6.07, 6.45) is 0. The zero-order valence-electron chi connectivity index (χ0n) is 10.9. The predicted octanol–water partition coefficient (Wildman–Crippen LogP) is 3.56. The molecule has 0 spiro atoms. The minimum absolute atomic E-state index is 0.178. The van der Waals surface area contributed by atoms with Crippen LogP contribution in [0.4, 0.5) is 0 Å². The number of hydrogen-bond donors (Lipinski definition) is 1. The smallest absolute Gasteiger partial charge is 0.125 e. The summed E-state index contributed by atoms with van der Waals surface area (Å²) in [4.78, 5) is 0. The molecule has 2 heteroatoms. The van der Waals surface area contributed by atoms with Crippen LogP contribution in [0.1, 0.15) is 39.8 Å². The molecule has 17 heavy (non-hydrogen) atoms. The summed E-state index contributed by atoms with van der Waals surface area (Å²) in [6.45, 7) is 8.21. The summed E-state index contributed by atoms with van der Waals surface area (Å²) in [5, 5.41) is 0. The molecule has 0 amide bonds. The van der Waals surface area contributed by atoms with E-state index in [0.29, 0.717) is 0 Å². The van der Waals surface area contributed by atoms with E-state index in [0.717, 1.165) is 22.6 Å². The maximum absolute atomic E-state index is 6.27. The van der Waals surface area contributed by atoms with Crippen LogP contribution in [0.3, 0.4) is 0 Å². The fourth-order valence-electron chi connectivity index (χ4n) is 2.02. The fourth-order valence-corrected chi connectivity index (χ4v) is 2.02. The molecule has 0 saturated carbocycles. The van der Waals surface area contributed by atoms with Crippen molar-refractivity contribution in [3.8, 4) is 0 Å². The quantitative estimate of drug-likeness (QED) is 0.855. The number of hydrogen-bond acceptors (Lipinski definition) is 2. The molecule has 0 bridgehead atoms. The van der Waals surface area contributed by atoms with Crippen LogP contribution in [-0.4, -0.2) is 0 Å². The normalized spacial score (nSPS) is 12.8. The van der Waals surface area contributed by atoms with E-state index >= 15 is 0 Å². The third kappa shape index (κ3) is 2.13. The number of aryl methyl sites for hydroxylation is 3. The van der Waals surface area contributed by atoms with Crippen LogP contribution in [0.5, 0.6) is 0 Å². The van der Waals surface area contributed by atoms with Gasteiger partial charge in [-0.1, -0.05) is 18.2 Å². The van der Waals surface area contributed by atoms with Gasteiger partial charge in [-0.3, -0.25) is 0 Å². The molecule has 90 valence electrons. The van der Waals surface area contributed by atoms with Gasteiger partial charge in [0.15, 0.2) is 0 Å². The van der Waals surface area contributed by atoms with Crippen molar-refractivity contribution >= 4 is 0 Å². The highest BCUT2D eigenvalue weighted by Gasteiger charge is 2.16. The van der Waals surface area contributed by atoms with Gasteiger partial charge >= 0.3 is 0 Å². The molecule has 2 aromatic rings. The first-order valence-electron chi connectivity index (χ1n) is 5.89. The predicted molar refractivity (Wildman–Crippen MR) is 70.1 cm³/mol. The Morgan fingerprint density at radius 3 is 2.35 bits per heavy atom. The Hall–Kier alpha value is -1.54. The molecular weight excluding hydrogens is 210 g/mol. The molecule has 2 rings (SSSR count). The maximum Gasteiger partial charge on any atom is 0.125 e. The van der Waals surface area contributed by atoms with Crippen LogP contribution in [0.15, 0.2) is 28.7 Å². The summed E-state index contributed by atoms with van der Waals surface area (Å²) >= 11 is 0. The Bertz CT molecular complexity index is 520.